The minimum Gasteiger partial charge on any atom is -0.323 e. The van der Waals surface area contributed by atoms with Crippen molar-refractivity contribution in [2.75, 3.05) is 0 Å². The van der Waals surface area contributed by atoms with E-state index in [9.17, 15) is 0 Å². The smallest absolute Gasteiger partial charge is 0.0399 e. The van der Waals surface area contributed by atoms with Crippen LogP contribution < -0.4 is 5.73 Å². The fraction of sp³-hybridized carbons (Fsp3) is 0.125. The molecular weight excluding hydrogens is 206 g/mol. The van der Waals surface area contributed by atoms with E-state index in [4.69, 9.17) is 5.73 Å². The summed E-state index contributed by atoms with van der Waals surface area (Å²) >= 11 is 0. The average molecular weight is 223 g/mol. The van der Waals surface area contributed by atoms with Gasteiger partial charge in [-0.15, -0.1) is 6.58 Å². The molecule has 0 heterocycles. The van der Waals surface area contributed by atoms with Crippen LogP contribution in [0.15, 0.2) is 73.3 Å². The van der Waals surface area contributed by atoms with Gasteiger partial charge in [-0.3, -0.25) is 0 Å². The second kappa shape index (κ2) is 5.46. The molecule has 0 unspecified atom stereocenters. The van der Waals surface area contributed by atoms with E-state index in [-0.39, 0.29) is 12.0 Å². The van der Waals surface area contributed by atoms with Crippen molar-refractivity contribution in [2.45, 2.75) is 12.0 Å². The first-order chi connectivity index (χ1) is 8.33. The zero-order valence-corrected chi connectivity index (χ0v) is 9.79. The van der Waals surface area contributed by atoms with Crippen molar-refractivity contribution in [3.8, 4) is 0 Å². The Morgan fingerprint density at radius 1 is 0.824 bits per heavy atom. The first kappa shape index (κ1) is 11.6. The highest BCUT2D eigenvalue weighted by molar-refractivity contribution is 5.30. The molecule has 0 saturated heterocycles. The molecule has 0 aromatic heterocycles. The maximum absolute atomic E-state index is 6.31. The molecule has 86 valence electrons. The maximum Gasteiger partial charge on any atom is 0.0399 e. The van der Waals surface area contributed by atoms with Crippen LogP contribution in [-0.2, 0) is 0 Å². The summed E-state index contributed by atoms with van der Waals surface area (Å²) < 4.78 is 0. The third-order valence-electron chi connectivity index (χ3n) is 3.01. The molecule has 0 radical (unpaired) electrons. The fourth-order valence-corrected chi connectivity index (χ4v) is 2.05. The summed E-state index contributed by atoms with van der Waals surface area (Å²) in [4.78, 5) is 0. The minimum absolute atomic E-state index is 0.0453. The molecule has 0 aliphatic heterocycles. The van der Waals surface area contributed by atoms with E-state index in [1.807, 2.05) is 42.5 Å². The Kier molecular flexibility index (Phi) is 3.73. The van der Waals surface area contributed by atoms with Crippen LogP contribution >= 0.6 is 0 Å². The quantitative estimate of drug-likeness (QED) is 0.786. The van der Waals surface area contributed by atoms with E-state index in [0.29, 0.717) is 0 Å². The lowest BCUT2D eigenvalue weighted by atomic mass is 9.88. The normalized spacial score (nSPS) is 13.9. The summed E-state index contributed by atoms with van der Waals surface area (Å²) in [6, 6.07) is 20.4. The third-order valence-corrected chi connectivity index (χ3v) is 3.01. The van der Waals surface area contributed by atoms with Crippen LogP contribution in [0.1, 0.15) is 23.1 Å². The lowest BCUT2D eigenvalue weighted by Gasteiger charge is -2.21. The van der Waals surface area contributed by atoms with Gasteiger partial charge in [-0.25, -0.2) is 0 Å². The standard InChI is InChI=1S/C16H17N/c1-2-15(13-9-5-3-6-10-13)16(17)14-11-7-4-8-12-14/h2-12,15-16H,1,17H2/t15-,16+/m0/s1. The van der Waals surface area contributed by atoms with Crippen molar-refractivity contribution in [2.24, 2.45) is 5.73 Å². The van der Waals surface area contributed by atoms with Gasteiger partial charge in [0.1, 0.15) is 0 Å². The average Bonchev–Trinajstić information content (AvgIpc) is 2.42. The van der Waals surface area contributed by atoms with Gasteiger partial charge in [0.15, 0.2) is 0 Å². The van der Waals surface area contributed by atoms with Gasteiger partial charge >= 0.3 is 0 Å². The van der Waals surface area contributed by atoms with Gasteiger partial charge in [-0.2, -0.15) is 0 Å². The minimum atomic E-state index is -0.0453. The Morgan fingerprint density at radius 3 is 1.76 bits per heavy atom. The Balaban J connectivity index is 2.28. The molecule has 1 nitrogen and oxygen atoms in total. The first-order valence-corrected chi connectivity index (χ1v) is 5.81. The zero-order valence-electron chi connectivity index (χ0n) is 9.79. The van der Waals surface area contributed by atoms with Gasteiger partial charge in [0.25, 0.3) is 0 Å². The molecular formula is C16H17N. The van der Waals surface area contributed by atoms with Crippen LogP contribution in [0.25, 0.3) is 0 Å². The Bertz CT molecular complexity index is 461. The summed E-state index contributed by atoms with van der Waals surface area (Å²) in [5.74, 6) is 0.151. The van der Waals surface area contributed by atoms with Gasteiger partial charge in [-0.1, -0.05) is 66.7 Å². The van der Waals surface area contributed by atoms with E-state index in [1.54, 1.807) is 0 Å². The molecule has 2 N–H and O–H groups in total. The van der Waals surface area contributed by atoms with Crippen molar-refractivity contribution < 1.29 is 0 Å². The van der Waals surface area contributed by atoms with E-state index in [1.165, 1.54) is 5.56 Å². The molecule has 2 aromatic carbocycles. The molecule has 2 aromatic rings. The molecule has 0 bridgehead atoms. The molecule has 0 aliphatic rings. The van der Waals surface area contributed by atoms with E-state index >= 15 is 0 Å². The maximum atomic E-state index is 6.31. The molecule has 2 atom stereocenters. The van der Waals surface area contributed by atoms with Crippen LogP contribution in [0.3, 0.4) is 0 Å². The van der Waals surface area contributed by atoms with Gasteiger partial charge in [0.05, 0.1) is 0 Å². The number of hydrogen-bond acceptors (Lipinski definition) is 1. The van der Waals surface area contributed by atoms with Crippen molar-refractivity contribution in [1.29, 1.82) is 0 Å². The van der Waals surface area contributed by atoms with Crippen molar-refractivity contribution >= 4 is 0 Å². The van der Waals surface area contributed by atoms with Crippen LogP contribution in [0.4, 0.5) is 0 Å². The largest absolute Gasteiger partial charge is 0.323 e. The summed E-state index contributed by atoms with van der Waals surface area (Å²) in [5, 5.41) is 0. The van der Waals surface area contributed by atoms with Crippen LogP contribution in [0.5, 0.6) is 0 Å². The molecule has 0 aliphatic carbocycles. The van der Waals surface area contributed by atoms with Crippen LogP contribution in [-0.4, -0.2) is 0 Å². The van der Waals surface area contributed by atoms with Crippen molar-refractivity contribution in [3.63, 3.8) is 0 Å². The topological polar surface area (TPSA) is 26.0 Å². The molecule has 0 amide bonds. The lowest BCUT2D eigenvalue weighted by Crippen LogP contribution is -2.18. The Morgan fingerprint density at radius 2 is 1.29 bits per heavy atom. The number of rotatable bonds is 4. The highest BCUT2D eigenvalue weighted by Crippen LogP contribution is 2.29. The highest BCUT2D eigenvalue weighted by atomic mass is 14.6. The van der Waals surface area contributed by atoms with Crippen molar-refractivity contribution in [1.82, 2.24) is 0 Å². The predicted octanol–water partition coefficient (Wildman–Crippen LogP) is 3.66. The second-order valence-corrected chi connectivity index (χ2v) is 4.11. The van der Waals surface area contributed by atoms with Gasteiger partial charge in [0, 0.05) is 12.0 Å². The summed E-state index contributed by atoms with van der Waals surface area (Å²) in [5.41, 5.74) is 8.66. The lowest BCUT2D eigenvalue weighted by molar-refractivity contribution is 0.647. The molecule has 17 heavy (non-hydrogen) atoms. The molecule has 1 heteroatoms. The second-order valence-electron chi connectivity index (χ2n) is 4.11. The fourth-order valence-electron chi connectivity index (χ4n) is 2.05. The number of nitrogens with two attached hydrogens (primary N) is 1. The summed E-state index contributed by atoms with van der Waals surface area (Å²) in [7, 11) is 0. The van der Waals surface area contributed by atoms with Crippen LogP contribution in [0.2, 0.25) is 0 Å². The van der Waals surface area contributed by atoms with E-state index in [2.05, 4.69) is 30.8 Å². The summed E-state index contributed by atoms with van der Waals surface area (Å²) in [6.07, 6.45) is 1.92. The molecule has 0 fully saturated rings. The highest BCUT2D eigenvalue weighted by Gasteiger charge is 2.17. The van der Waals surface area contributed by atoms with Gasteiger partial charge < -0.3 is 5.73 Å². The molecule has 0 spiro atoms. The van der Waals surface area contributed by atoms with E-state index in [0.717, 1.165) is 5.56 Å². The SMILES string of the molecule is C=C[C@@H](c1ccccc1)[C@H](N)c1ccccc1. The number of hydrogen-bond donors (Lipinski definition) is 1. The van der Waals surface area contributed by atoms with Gasteiger partial charge in [-0.05, 0) is 11.1 Å². The predicted molar refractivity (Wildman–Crippen MR) is 72.8 cm³/mol. The monoisotopic (exact) mass is 223 g/mol. The zero-order chi connectivity index (χ0) is 12.1. The number of benzene rings is 2. The van der Waals surface area contributed by atoms with Crippen LogP contribution in [0, 0.1) is 0 Å². The molecule has 2 rings (SSSR count). The Hall–Kier alpha value is -1.86. The first-order valence-electron chi connectivity index (χ1n) is 5.81. The van der Waals surface area contributed by atoms with E-state index < -0.39 is 0 Å². The van der Waals surface area contributed by atoms with Crippen molar-refractivity contribution in [3.05, 3.63) is 84.4 Å². The van der Waals surface area contributed by atoms with Gasteiger partial charge in [0.2, 0.25) is 0 Å². The third kappa shape index (κ3) is 2.63. The Labute approximate surface area is 103 Å². The molecule has 0 saturated carbocycles. The summed E-state index contributed by atoms with van der Waals surface area (Å²) in [6.45, 7) is 3.90.